The minimum absolute atomic E-state index is 0.128. The normalized spacial score (nSPS) is 12.0. The van der Waals surface area contributed by atoms with Gasteiger partial charge in [0.1, 0.15) is 0 Å². The van der Waals surface area contributed by atoms with Gasteiger partial charge < -0.3 is 9.64 Å². The number of aromatic nitrogens is 1. The number of benzene rings is 1. The molecule has 0 aliphatic rings. The van der Waals surface area contributed by atoms with Crippen LogP contribution >= 0.6 is 22.9 Å². The number of carbonyl (C=O) groups excluding carboxylic acids is 1. The average Bonchev–Trinajstić information content (AvgIpc) is 2.96. The standard InChI is InChI=1S/C15H17ClN2O2S/c1-4-20-14(19)13-9-21-15(17-13)18(3)10(2)11-5-7-12(16)8-6-11/h5-10H,4H2,1-3H3. The zero-order valence-corrected chi connectivity index (χ0v) is 13.7. The highest BCUT2D eigenvalue weighted by molar-refractivity contribution is 7.13. The zero-order chi connectivity index (χ0) is 15.4. The second kappa shape index (κ2) is 6.91. The van der Waals surface area contributed by atoms with Crippen LogP contribution < -0.4 is 4.90 Å². The summed E-state index contributed by atoms with van der Waals surface area (Å²) in [6, 6.07) is 7.84. The van der Waals surface area contributed by atoms with Crippen LogP contribution in [0.15, 0.2) is 29.6 Å². The molecule has 112 valence electrons. The molecule has 1 aromatic heterocycles. The lowest BCUT2D eigenvalue weighted by Gasteiger charge is -2.24. The Hall–Kier alpha value is -1.59. The zero-order valence-electron chi connectivity index (χ0n) is 12.2. The molecular weight excluding hydrogens is 308 g/mol. The van der Waals surface area contributed by atoms with Crippen LogP contribution in [-0.2, 0) is 4.74 Å². The molecule has 0 spiro atoms. The van der Waals surface area contributed by atoms with Crippen molar-refractivity contribution in [3.63, 3.8) is 0 Å². The fraction of sp³-hybridized carbons (Fsp3) is 0.333. The molecule has 0 saturated heterocycles. The molecule has 1 atom stereocenters. The van der Waals surface area contributed by atoms with Gasteiger partial charge in [-0.25, -0.2) is 9.78 Å². The van der Waals surface area contributed by atoms with Crippen LogP contribution in [-0.4, -0.2) is 24.6 Å². The van der Waals surface area contributed by atoms with Gasteiger partial charge in [-0.1, -0.05) is 23.7 Å². The molecule has 0 bridgehead atoms. The predicted octanol–water partition coefficient (Wildman–Crippen LogP) is 4.17. The van der Waals surface area contributed by atoms with Gasteiger partial charge in [-0.15, -0.1) is 11.3 Å². The second-order valence-corrected chi connectivity index (χ2v) is 5.85. The first-order valence-electron chi connectivity index (χ1n) is 6.64. The molecule has 21 heavy (non-hydrogen) atoms. The third-order valence-electron chi connectivity index (χ3n) is 3.21. The van der Waals surface area contributed by atoms with Gasteiger partial charge in [0.2, 0.25) is 0 Å². The first-order valence-corrected chi connectivity index (χ1v) is 7.89. The number of ether oxygens (including phenoxy) is 1. The van der Waals surface area contributed by atoms with Crippen LogP contribution in [0.4, 0.5) is 5.13 Å². The number of halogens is 1. The summed E-state index contributed by atoms with van der Waals surface area (Å²) < 4.78 is 4.95. The van der Waals surface area contributed by atoms with E-state index in [0.717, 1.165) is 10.7 Å². The molecule has 0 radical (unpaired) electrons. The van der Waals surface area contributed by atoms with Crippen LogP contribution in [0.2, 0.25) is 5.02 Å². The summed E-state index contributed by atoms with van der Waals surface area (Å²) in [5, 5.41) is 3.21. The van der Waals surface area contributed by atoms with Crippen LogP contribution in [0.25, 0.3) is 0 Å². The number of nitrogens with zero attached hydrogens (tertiary/aromatic N) is 2. The van der Waals surface area contributed by atoms with Crippen molar-refractivity contribution in [1.82, 2.24) is 4.98 Å². The second-order valence-electron chi connectivity index (χ2n) is 4.57. The quantitative estimate of drug-likeness (QED) is 0.774. The van der Waals surface area contributed by atoms with Gasteiger partial charge in [0.05, 0.1) is 12.6 Å². The SMILES string of the molecule is CCOC(=O)c1csc(N(C)C(C)c2ccc(Cl)cc2)n1. The summed E-state index contributed by atoms with van der Waals surface area (Å²) >= 11 is 7.33. The maximum Gasteiger partial charge on any atom is 0.357 e. The van der Waals surface area contributed by atoms with E-state index in [1.165, 1.54) is 11.3 Å². The monoisotopic (exact) mass is 324 g/mol. The van der Waals surface area contributed by atoms with Gasteiger partial charge in [0.15, 0.2) is 10.8 Å². The van der Waals surface area contributed by atoms with Gasteiger partial charge >= 0.3 is 5.97 Å². The molecule has 0 amide bonds. The third kappa shape index (κ3) is 3.74. The highest BCUT2D eigenvalue weighted by Gasteiger charge is 2.18. The Labute approximate surface area is 133 Å². The van der Waals surface area contributed by atoms with Crippen LogP contribution in [0.1, 0.15) is 35.9 Å². The fourth-order valence-electron chi connectivity index (χ4n) is 1.86. The maximum atomic E-state index is 11.6. The third-order valence-corrected chi connectivity index (χ3v) is 4.39. The fourth-order valence-corrected chi connectivity index (χ4v) is 2.82. The van der Waals surface area contributed by atoms with Gasteiger partial charge in [-0.3, -0.25) is 0 Å². The van der Waals surface area contributed by atoms with Crippen LogP contribution in [0.3, 0.4) is 0 Å². The Balaban J connectivity index is 2.14. The van der Waals surface area contributed by atoms with Crippen molar-refractivity contribution in [2.24, 2.45) is 0 Å². The summed E-state index contributed by atoms with van der Waals surface area (Å²) in [4.78, 5) is 18.0. The van der Waals surface area contributed by atoms with E-state index in [4.69, 9.17) is 16.3 Å². The smallest absolute Gasteiger partial charge is 0.357 e. The van der Waals surface area contributed by atoms with Crippen molar-refractivity contribution in [3.8, 4) is 0 Å². The van der Waals surface area contributed by atoms with Crippen LogP contribution in [0.5, 0.6) is 0 Å². The Bertz CT molecular complexity index is 612. The summed E-state index contributed by atoms with van der Waals surface area (Å²) in [5.74, 6) is -0.382. The number of anilines is 1. The van der Waals surface area contributed by atoms with E-state index in [0.29, 0.717) is 17.3 Å². The molecule has 0 aliphatic carbocycles. The molecule has 0 aliphatic heterocycles. The van der Waals surface area contributed by atoms with Crippen LogP contribution in [0, 0.1) is 0 Å². The lowest BCUT2D eigenvalue weighted by atomic mass is 10.1. The molecule has 1 aromatic carbocycles. The molecule has 2 rings (SSSR count). The number of hydrogen-bond acceptors (Lipinski definition) is 5. The average molecular weight is 325 g/mol. The number of rotatable bonds is 5. The summed E-state index contributed by atoms with van der Waals surface area (Å²) in [7, 11) is 1.95. The van der Waals surface area contributed by atoms with Crippen molar-refractivity contribution in [2.75, 3.05) is 18.6 Å². The summed E-state index contributed by atoms with van der Waals surface area (Å²) in [6.07, 6.45) is 0. The van der Waals surface area contributed by atoms with Crippen molar-refractivity contribution >= 4 is 34.0 Å². The molecule has 1 heterocycles. The van der Waals surface area contributed by atoms with Crippen molar-refractivity contribution in [2.45, 2.75) is 19.9 Å². The highest BCUT2D eigenvalue weighted by atomic mass is 35.5. The number of thiazole rings is 1. The Morgan fingerprint density at radius 3 is 2.71 bits per heavy atom. The maximum absolute atomic E-state index is 11.6. The predicted molar refractivity (Wildman–Crippen MR) is 86.3 cm³/mol. The molecule has 2 aromatic rings. The molecule has 0 N–H and O–H groups in total. The van der Waals surface area contributed by atoms with E-state index >= 15 is 0 Å². The van der Waals surface area contributed by atoms with E-state index in [-0.39, 0.29) is 12.0 Å². The van der Waals surface area contributed by atoms with Crippen molar-refractivity contribution in [3.05, 3.63) is 45.9 Å². The molecule has 0 saturated carbocycles. The highest BCUT2D eigenvalue weighted by Crippen LogP contribution is 2.28. The molecular formula is C15H17ClN2O2S. The Morgan fingerprint density at radius 2 is 2.10 bits per heavy atom. The van der Waals surface area contributed by atoms with E-state index in [9.17, 15) is 4.79 Å². The first-order chi connectivity index (χ1) is 10.0. The molecule has 6 heteroatoms. The van der Waals surface area contributed by atoms with Gasteiger partial charge in [-0.2, -0.15) is 0 Å². The van der Waals surface area contributed by atoms with Gasteiger partial charge in [0, 0.05) is 17.5 Å². The topological polar surface area (TPSA) is 42.4 Å². The van der Waals surface area contributed by atoms with Gasteiger partial charge in [0.25, 0.3) is 0 Å². The molecule has 0 fully saturated rings. The molecule has 4 nitrogen and oxygen atoms in total. The number of carbonyl (C=O) groups is 1. The number of esters is 1. The van der Waals surface area contributed by atoms with E-state index in [1.807, 2.05) is 36.2 Å². The van der Waals surface area contributed by atoms with E-state index < -0.39 is 0 Å². The lowest BCUT2D eigenvalue weighted by Crippen LogP contribution is -2.21. The van der Waals surface area contributed by atoms with Gasteiger partial charge in [-0.05, 0) is 31.5 Å². The Kier molecular flexibility index (Phi) is 5.20. The molecule has 1 unspecified atom stereocenters. The summed E-state index contributed by atoms with van der Waals surface area (Å²) in [6.45, 7) is 4.21. The number of hydrogen-bond donors (Lipinski definition) is 0. The van der Waals surface area contributed by atoms with Crippen molar-refractivity contribution in [1.29, 1.82) is 0 Å². The minimum atomic E-state index is -0.382. The van der Waals surface area contributed by atoms with E-state index in [2.05, 4.69) is 11.9 Å². The minimum Gasteiger partial charge on any atom is -0.461 e. The lowest BCUT2D eigenvalue weighted by molar-refractivity contribution is 0.0520. The van der Waals surface area contributed by atoms with Crippen molar-refractivity contribution < 1.29 is 9.53 Å². The first kappa shape index (κ1) is 15.8. The summed E-state index contributed by atoms with van der Waals surface area (Å²) in [5.41, 5.74) is 1.49. The Morgan fingerprint density at radius 1 is 1.43 bits per heavy atom. The van der Waals surface area contributed by atoms with E-state index in [1.54, 1.807) is 12.3 Å². The largest absolute Gasteiger partial charge is 0.461 e.